The minimum Gasteiger partial charge on any atom is -0.493 e. The average Bonchev–Trinajstić information content (AvgIpc) is 2.49. The second-order valence-electron chi connectivity index (χ2n) is 5.14. The third-order valence-electron chi connectivity index (χ3n) is 3.72. The molecule has 2 aromatic rings. The molecule has 110 valence electrons. The van der Waals surface area contributed by atoms with Crippen LogP contribution in [0.4, 0.5) is 5.95 Å². The van der Waals surface area contributed by atoms with Crippen molar-refractivity contribution < 1.29 is 5.11 Å². The summed E-state index contributed by atoms with van der Waals surface area (Å²) < 4.78 is 0. The maximum atomic E-state index is 12.4. The molecule has 0 saturated carbocycles. The van der Waals surface area contributed by atoms with Gasteiger partial charge in [-0.3, -0.25) is 9.78 Å². The summed E-state index contributed by atoms with van der Waals surface area (Å²) in [4.78, 5) is 21.3. The molecular weight excluding hydrogens is 268 g/mol. The van der Waals surface area contributed by atoms with Crippen LogP contribution in [0.3, 0.4) is 0 Å². The summed E-state index contributed by atoms with van der Waals surface area (Å²) in [5.74, 6) is 0.206. The van der Waals surface area contributed by atoms with E-state index >= 15 is 0 Å². The number of nitrogens with one attached hydrogen (secondary N) is 2. The molecule has 6 nitrogen and oxygen atoms in total. The number of piperazine rings is 1. The van der Waals surface area contributed by atoms with Gasteiger partial charge in [0, 0.05) is 26.2 Å². The zero-order valence-corrected chi connectivity index (χ0v) is 11.9. The van der Waals surface area contributed by atoms with Crippen molar-refractivity contribution in [2.24, 2.45) is 0 Å². The van der Waals surface area contributed by atoms with E-state index < -0.39 is 0 Å². The van der Waals surface area contributed by atoms with Gasteiger partial charge in [0.05, 0.1) is 0 Å². The maximum absolute atomic E-state index is 12.4. The smallest absolute Gasteiger partial charge is 0.264 e. The van der Waals surface area contributed by atoms with Crippen LogP contribution in [0, 0.1) is 6.92 Å². The van der Waals surface area contributed by atoms with Crippen molar-refractivity contribution >= 4 is 5.95 Å². The molecule has 0 atom stereocenters. The van der Waals surface area contributed by atoms with E-state index in [1.165, 1.54) is 0 Å². The van der Waals surface area contributed by atoms with Crippen LogP contribution in [0.25, 0.3) is 11.1 Å². The number of nitrogens with zero attached hydrogens (tertiary/aromatic N) is 2. The van der Waals surface area contributed by atoms with Crippen LogP contribution in [0.1, 0.15) is 5.56 Å². The van der Waals surface area contributed by atoms with Gasteiger partial charge in [0.2, 0.25) is 11.8 Å². The molecule has 0 bridgehead atoms. The first-order chi connectivity index (χ1) is 10.2. The summed E-state index contributed by atoms with van der Waals surface area (Å²) in [5, 5.41) is 13.4. The fraction of sp³-hybridized carbons (Fsp3) is 0.333. The van der Waals surface area contributed by atoms with Crippen molar-refractivity contribution in [3.8, 4) is 17.0 Å². The Bertz CT molecular complexity index is 705. The van der Waals surface area contributed by atoms with Crippen LogP contribution in [0.15, 0.2) is 29.1 Å². The van der Waals surface area contributed by atoms with Crippen LogP contribution >= 0.6 is 0 Å². The molecule has 3 rings (SSSR count). The lowest BCUT2D eigenvalue weighted by Gasteiger charge is -2.27. The predicted molar refractivity (Wildman–Crippen MR) is 81.8 cm³/mol. The molecule has 2 heterocycles. The van der Waals surface area contributed by atoms with Gasteiger partial charge in [-0.25, -0.2) is 0 Å². The van der Waals surface area contributed by atoms with E-state index in [0.29, 0.717) is 11.5 Å². The first-order valence-electron chi connectivity index (χ1n) is 7.02. The Morgan fingerprint density at radius 2 is 1.95 bits per heavy atom. The lowest BCUT2D eigenvalue weighted by Crippen LogP contribution is -2.44. The van der Waals surface area contributed by atoms with Crippen molar-refractivity contribution in [3.63, 3.8) is 0 Å². The van der Waals surface area contributed by atoms with Gasteiger partial charge in [0.1, 0.15) is 5.56 Å². The summed E-state index contributed by atoms with van der Waals surface area (Å²) in [7, 11) is 0. The Kier molecular flexibility index (Phi) is 3.62. The minimum absolute atomic E-state index is 0.221. The highest BCUT2D eigenvalue weighted by molar-refractivity contribution is 5.71. The predicted octanol–water partition coefficient (Wildman–Crippen LogP) is 0.861. The molecule has 6 heteroatoms. The van der Waals surface area contributed by atoms with E-state index in [1.807, 2.05) is 36.1 Å². The number of hydrogen-bond acceptors (Lipinski definition) is 5. The summed E-state index contributed by atoms with van der Waals surface area (Å²) in [5.41, 5.74) is 1.54. The summed E-state index contributed by atoms with van der Waals surface area (Å²) in [6.45, 7) is 5.09. The van der Waals surface area contributed by atoms with Crippen molar-refractivity contribution in [2.45, 2.75) is 6.92 Å². The number of anilines is 1. The molecule has 1 aromatic carbocycles. The zero-order chi connectivity index (χ0) is 14.8. The second kappa shape index (κ2) is 5.57. The van der Waals surface area contributed by atoms with Crippen molar-refractivity contribution in [2.75, 3.05) is 31.1 Å². The van der Waals surface area contributed by atoms with E-state index in [1.54, 1.807) is 0 Å². The zero-order valence-electron chi connectivity index (χ0n) is 11.9. The van der Waals surface area contributed by atoms with Gasteiger partial charge in [-0.15, -0.1) is 0 Å². The molecule has 1 fully saturated rings. The van der Waals surface area contributed by atoms with Gasteiger partial charge < -0.3 is 15.3 Å². The standard InChI is InChI=1S/C15H18N4O2/c1-10-4-2-3-5-11(10)12-13(20)17-15(18-14(12)21)19-8-6-16-7-9-19/h2-5,16H,6-9H2,1H3,(H2,17,18,20,21). The van der Waals surface area contributed by atoms with Crippen molar-refractivity contribution in [1.29, 1.82) is 0 Å². The Balaban J connectivity index is 2.05. The normalized spacial score (nSPS) is 15.2. The molecule has 1 aliphatic heterocycles. The third kappa shape index (κ3) is 2.62. The molecular formula is C15H18N4O2. The molecule has 21 heavy (non-hydrogen) atoms. The van der Waals surface area contributed by atoms with Gasteiger partial charge in [-0.2, -0.15) is 4.98 Å². The molecule has 0 unspecified atom stereocenters. The van der Waals surface area contributed by atoms with E-state index in [2.05, 4.69) is 15.3 Å². The lowest BCUT2D eigenvalue weighted by molar-refractivity contribution is 0.451. The third-order valence-corrected chi connectivity index (χ3v) is 3.72. The Morgan fingerprint density at radius 1 is 1.24 bits per heavy atom. The number of aromatic amines is 1. The highest BCUT2D eigenvalue weighted by Gasteiger charge is 2.18. The molecule has 0 spiro atoms. The summed E-state index contributed by atoms with van der Waals surface area (Å²) in [6.07, 6.45) is 0. The lowest BCUT2D eigenvalue weighted by atomic mass is 10.0. The quantitative estimate of drug-likeness (QED) is 0.763. The molecule has 0 amide bonds. The molecule has 3 N–H and O–H groups in total. The fourth-order valence-electron chi connectivity index (χ4n) is 2.57. The molecule has 0 aliphatic carbocycles. The van der Waals surface area contributed by atoms with Gasteiger partial charge in [-0.05, 0) is 18.1 Å². The Morgan fingerprint density at radius 3 is 2.62 bits per heavy atom. The van der Waals surface area contributed by atoms with Gasteiger partial charge >= 0.3 is 0 Å². The number of aryl methyl sites for hydroxylation is 1. The van der Waals surface area contributed by atoms with Gasteiger partial charge in [0.15, 0.2) is 0 Å². The molecule has 0 radical (unpaired) electrons. The van der Waals surface area contributed by atoms with E-state index in [4.69, 9.17) is 0 Å². The molecule has 1 saturated heterocycles. The number of aromatic hydroxyl groups is 1. The second-order valence-corrected chi connectivity index (χ2v) is 5.14. The topological polar surface area (TPSA) is 81.2 Å². The number of benzene rings is 1. The fourth-order valence-corrected chi connectivity index (χ4v) is 2.57. The highest BCUT2D eigenvalue weighted by Crippen LogP contribution is 2.27. The Labute approximate surface area is 122 Å². The maximum Gasteiger partial charge on any atom is 0.264 e. The van der Waals surface area contributed by atoms with Gasteiger partial charge in [0.25, 0.3) is 5.56 Å². The number of H-pyrrole nitrogens is 1. The van der Waals surface area contributed by atoms with E-state index in [-0.39, 0.29) is 17.0 Å². The van der Waals surface area contributed by atoms with Gasteiger partial charge in [-0.1, -0.05) is 24.3 Å². The first-order valence-corrected chi connectivity index (χ1v) is 7.02. The van der Waals surface area contributed by atoms with E-state index in [9.17, 15) is 9.90 Å². The molecule has 1 aliphatic rings. The van der Waals surface area contributed by atoms with Crippen LogP contribution in [-0.4, -0.2) is 41.3 Å². The van der Waals surface area contributed by atoms with Crippen molar-refractivity contribution in [1.82, 2.24) is 15.3 Å². The first kappa shape index (κ1) is 13.6. The van der Waals surface area contributed by atoms with Crippen LogP contribution in [0.2, 0.25) is 0 Å². The van der Waals surface area contributed by atoms with Crippen molar-refractivity contribution in [3.05, 3.63) is 40.2 Å². The highest BCUT2D eigenvalue weighted by atomic mass is 16.3. The van der Waals surface area contributed by atoms with Crippen LogP contribution in [-0.2, 0) is 0 Å². The number of hydrogen-bond donors (Lipinski definition) is 3. The largest absolute Gasteiger partial charge is 0.493 e. The van der Waals surface area contributed by atoms with Crippen LogP contribution in [0.5, 0.6) is 5.88 Å². The monoisotopic (exact) mass is 286 g/mol. The SMILES string of the molecule is Cc1ccccc1-c1c(O)nc(N2CCNCC2)[nH]c1=O. The van der Waals surface area contributed by atoms with Crippen LogP contribution < -0.4 is 15.8 Å². The average molecular weight is 286 g/mol. The Hall–Kier alpha value is -2.34. The summed E-state index contributed by atoms with van der Waals surface area (Å²) >= 11 is 0. The number of aromatic nitrogens is 2. The molecule has 1 aromatic heterocycles. The minimum atomic E-state index is -0.315. The van der Waals surface area contributed by atoms with E-state index in [0.717, 1.165) is 31.7 Å². The number of rotatable bonds is 2. The summed E-state index contributed by atoms with van der Waals surface area (Å²) in [6, 6.07) is 7.45.